The van der Waals surface area contributed by atoms with E-state index in [1.165, 1.54) is 12.1 Å². The minimum Gasteiger partial charge on any atom is -0.351 e. The molecule has 0 spiro atoms. The Kier molecular flexibility index (Phi) is 5.95. The molecule has 2 rings (SSSR count). The molecule has 0 aromatic heterocycles. The molecule has 2 nitrogen and oxygen atoms in total. The van der Waals surface area contributed by atoms with Crippen LogP contribution in [0.1, 0.15) is 18.9 Å². The van der Waals surface area contributed by atoms with Gasteiger partial charge in [-0.1, -0.05) is 37.3 Å². The van der Waals surface area contributed by atoms with E-state index in [4.69, 9.17) is 0 Å². The first-order valence-electron chi connectivity index (χ1n) is 7.03. The van der Waals surface area contributed by atoms with Crippen LogP contribution in [0.25, 0.3) is 0 Å². The number of benzene rings is 2. The molecule has 2 aromatic rings. The highest BCUT2D eigenvalue weighted by atomic mass is 32.2. The van der Waals surface area contributed by atoms with E-state index >= 15 is 0 Å². The molecule has 0 aliphatic rings. The molecule has 0 heterocycles. The number of thioether (sulfide) groups is 1. The van der Waals surface area contributed by atoms with Crippen LogP contribution in [-0.4, -0.2) is 11.2 Å². The van der Waals surface area contributed by atoms with Crippen molar-refractivity contribution in [2.45, 2.75) is 30.0 Å². The third-order valence-electron chi connectivity index (χ3n) is 3.14. The largest absolute Gasteiger partial charge is 0.351 e. The highest BCUT2D eigenvalue weighted by Gasteiger charge is 2.19. The molecule has 1 amide bonds. The molecule has 22 heavy (non-hydrogen) atoms. The number of hydrogen-bond acceptors (Lipinski definition) is 2. The van der Waals surface area contributed by atoms with E-state index in [-0.39, 0.29) is 10.8 Å². The van der Waals surface area contributed by atoms with E-state index in [1.807, 2.05) is 37.3 Å². The van der Waals surface area contributed by atoms with Crippen molar-refractivity contribution in [1.29, 1.82) is 0 Å². The summed E-state index contributed by atoms with van der Waals surface area (Å²) in [4.78, 5) is 12.5. The van der Waals surface area contributed by atoms with Gasteiger partial charge in [0.25, 0.3) is 0 Å². The summed E-state index contributed by atoms with van der Waals surface area (Å²) < 4.78 is 26.6. The lowest BCUT2D eigenvalue weighted by Gasteiger charge is -2.15. The number of amides is 1. The third kappa shape index (κ3) is 4.56. The minimum atomic E-state index is -0.640. The van der Waals surface area contributed by atoms with Crippen LogP contribution in [0, 0.1) is 11.6 Å². The average molecular weight is 321 g/mol. The molecular weight excluding hydrogens is 304 g/mol. The Balaban J connectivity index is 1.97. The Bertz CT molecular complexity index is 634. The Morgan fingerprint density at radius 2 is 1.91 bits per heavy atom. The summed E-state index contributed by atoms with van der Waals surface area (Å²) in [6.45, 7) is 2.30. The topological polar surface area (TPSA) is 29.1 Å². The van der Waals surface area contributed by atoms with Crippen molar-refractivity contribution in [2.75, 3.05) is 0 Å². The summed E-state index contributed by atoms with van der Waals surface area (Å²) >= 11 is 1.11. The molecule has 1 atom stereocenters. The fraction of sp³-hybridized carbons (Fsp3) is 0.235. The molecule has 5 heteroatoms. The Labute approximate surface area is 132 Å². The van der Waals surface area contributed by atoms with Crippen molar-refractivity contribution in [3.05, 3.63) is 65.7 Å². The number of hydrogen-bond donors (Lipinski definition) is 1. The zero-order valence-corrected chi connectivity index (χ0v) is 13.0. The lowest BCUT2D eigenvalue weighted by molar-refractivity contribution is -0.120. The second-order valence-electron chi connectivity index (χ2n) is 4.79. The molecular formula is C17H17F2NOS. The van der Waals surface area contributed by atoms with Crippen LogP contribution >= 0.6 is 11.8 Å². The van der Waals surface area contributed by atoms with Gasteiger partial charge in [0.1, 0.15) is 11.6 Å². The predicted molar refractivity (Wildman–Crippen MR) is 84.6 cm³/mol. The SMILES string of the molecule is CCC(Sc1ccc(F)cc1F)C(=O)NCc1ccccc1. The van der Waals surface area contributed by atoms with E-state index in [1.54, 1.807) is 0 Å². The van der Waals surface area contributed by atoms with Gasteiger partial charge in [0.2, 0.25) is 5.91 Å². The van der Waals surface area contributed by atoms with Crippen molar-refractivity contribution < 1.29 is 13.6 Å². The zero-order chi connectivity index (χ0) is 15.9. The van der Waals surface area contributed by atoms with Crippen LogP contribution in [0.15, 0.2) is 53.4 Å². The highest BCUT2D eigenvalue weighted by Crippen LogP contribution is 2.28. The van der Waals surface area contributed by atoms with Crippen molar-refractivity contribution >= 4 is 17.7 Å². The number of halogens is 2. The van der Waals surface area contributed by atoms with Gasteiger partial charge < -0.3 is 5.32 Å². The maximum Gasteiger partial charge on any atom is 0.233 e. The van der Waals surface area contributed by atoms with Crippen LogP contribution in [0.2, 0.25) is 0 Å². The van der Waals surface area contributed by atoms with Gasteiger partial charge in [-0.3, -0.25) is 4.79 Å². The fourth-order valence-corrected chi connectivity index (χ4v) is 2.93. The van der Waals surface area contributed by atoms with Gasteiger partial charge in [0.15, 0.2) is 0 Å². The first kappa shape index (κ1) is 16.5. The lowest BCUT2D eigenvalue weighted by atomic mass is 10.2. The number of rotatable bonds is 6. The number of carbonyl (C=O) groups is 1. The van der Waals surface area contributed by atoms with Gasteiger partial charge in [-0.15, -0.1) is 11.8 Å². The van der Waals surface area contributed by atoms with Gasteiger partial charge in [-0.05, 0) is 24.1 Å². The van der Waals surface area contributed by atoms with Gasteiger partial charge >= 0.3 is 0 Å². The summed E-state index contributed by atoms with van der Waals surface area (Å²) in [7, 11) is 0. The molecule has 2 aromatic carbocycles. The number of carbonyl (C=O) groups excluding carboxylic acids is 1. The van der Waals surface area contributed by atoms with E-state index in [2.05, 4.69) is 5.32 Å². The minimum absolute atomic E-state index is 0.153. The molecule has 0 aliphatic carbocycles. The van der Waals surface area contributed by atoms with Crippen LogP contribution < -0.4 is 5.32 Å². The maximum atomic E-state index is 13.7. The van der Waals surface area contributed by atoms with Gasteiger partial charge in [0.05, 0.1) is 5.25 Å². The first-order chi connectivity index (χ1) is 10.6. The molecule has 0 radical (unpaired) electrons. The first-order valence-corrected chi connectivity index (χ1v) is 7.91. The van der Waals surface area contributed by atoms with Crippen molar-refractivity contribution in [1.82, 2.24) is 5.32 Å². The monoisotopic (exact) mass is 321 g/mol. The number of nitrogens with one attached hydrogen (secondary N) is 1. The summed E-state index contributed by atoms with van der Waals surface area (Å²) in [5.41, 5.74) is 1.00. The molecule has 0 saturated heterocycles. The Hall–Kier alpha value is -1.88. The molecule has 0 saturated carbocycles. The summed E-state index contributed by atoms with van der Waals surface area (Å²) in [5.74, 6) is -1.41. The van der Waals surface area contributed by atoms with Gasteiger partial charge in [-0.25, -0.2) is 8.78 Å². The van der Waals surface area contributed by atoms with Crippen molar-refractivity contribution in [3.8, 4) is 0 Å². The van der Waals surface area contributed by atoms with Gasteiger partial charge in [-0.2, -0.15) is 0 Å². The molecule has 1 N–H and O–H groups in total. The van der Waals surface area contributed by atoms with E-state index in [9.17, 15) is 13.6 Å². The zero-order valence-electron chi connectivity index (χ0n) is 12.2. The van der Waals surface area contributed by atoms with Crippen molar-refractivity contribution in [2.24, 2.45) is 0 Å². The molecule has 0 aliphatic heterocycles. The van der Waals surface area contributed by atoms with Crippen LogP contribution in [0.3, 0.4) is 0 Å². The summed E-state index contributed by atoms with van der Waals surface area (Å²) in [5, 5.41) is 2.43. The second-order valence-corrected chi connectivity index (χ2v) is 6.04. The van der Waals surface area contributed by atoms with Gasteiger partial charge in [0, 0.05) is 17.5 Å². The summed E-state index contributed by atoms with van der Waals surface area (Å²) in [6.07, 6.45) is 0.558. The quantitative estimate of drug-likeness (QED) is 0.810. The lowest BCUT2D eigenvalue weighted by Crippen LogP contribution is -2.31. The fourth-order valence-electron chi connectivity index (χ4n) is 1.95. The molecule has 116 valence electrons. The molecule has 0 bridgehead atoms. The smallest absolute Gasteiger partial charge is 0.233 e. The molecule has 0 fully saturated rings. The maximum absolute atomic E-state index is 13.7. The Morgan fingerprint density at radius 3 is 2.55 bits per heavy atom. The third-order valence-corrected chi connectivity index (χ3v) is 4.55. The van der Waals surface area contributed by atoms with Crippen LogP contribution in [0.5, 0.6) is 0 Å². The molecule has 1 unspecified atom stereocenters. The van der Waals surface area contributed by atoms with Crippen LogP contribution in [-0.2, 0) is 11.3 Å². The summed E-state index contributed by atoms with van der Waals surface area (Å²) in [6, 6.07) is 13.0. The second kappa shape index (κ2) is 7.94. The van der Waals surface area contributed by atoms with Crippen molar-refractivity contribution in [3.63, 3.8) is 0 Å². The average Bonchev–Trinajstić information content (AvgIpc) is 2.53. The van der Waals surface area contributed by atoms with E-state index in [0.717, 1.165) is 23.4 Å². The van der Waals surface area contributed by atoms with E-state index < -0.39 is 16.9 Å². The van der Waals surface area contributed by atoms with E-state index in [0.29, 0.717) is 13.0 Å². The normalized spacial score (nSPS) is 12.0. The Morgan fingerprint density at radius 1 is 1.18 bits per heavy atom. The standard InChI is InChI=1S/C17H17F2NOS/c1-2-15(22-16-9-8-13(18)10-14(16)19)17(21)20-11-12-6-4-3-5-7-12/h3-10,15H,2,11H2,1H3,(H,20,21). The highest BCUT2D eigenvalue weighted by molar-refractivity contribution is 8.00. The predicted octanol–water partition coefficient (Wildman–Crippen LogP) is 4.15. The van der Waals surface area contributed by atoms with Crippen LogP contribution in [0.4, 0.5) is 8.78 Å².